The Bertz CT molecular complexity index is 650. The number of nitrogens with zero attached hydrogens (tertiary/aromatic N) is 2. The molecule has 0 aliphatic rings. The lowest BCUT2D eigenvalue weighted by Crippen LogP contribution is -2.07. The van der Waals surface area contributed by atoms with Crippen LogP contribution in [0, 0.1) is 34.1 Å². The van der Waals surface area contributed by atoms with Gasteiger partial charge in [-0.2, -0.15) is 0 Å². The molecule has 8 nitrogen and oxygen atoms in total. The second-order valence-electron chi connectivity index (χ2n) is 3.78. The van der Waals surface area contributed by atoms with Crippen molar-refractivity contribution in [2.45, 2.75) is 18.7 Å². The molecule has 0 heterocycles. The van der Waals surface area contributed by atoms with Gasteiger partial charge in [0.05, 0.1) is 14.7 Å². The zero-order chi connectivity index (χ0) is 14.2. The quantitative estimate of drug-likeness (QED) is 0.608. The molecule has 0 bridgehead atoms. The molecule has 0 saturated carbocycles. The fourth-order valence-electron chi connectivity index (χ4n) is 1.71. The lowest BCUT2D eigenvalue weighted by Gasteiger charge is -2.07. The third-order valence-electron chi connectivity index (χ3n) is 2.51. The van der Waals surface area contributed by atoms with Crippen LogP contribution >= 0.6 is 0 Å². The molecule has 18 heavy (non-hydrogen) atoms. The summed E-state index contributed by atoms with van der Waals surface area (Å²) in [6.07, 6.45) is 0.845. The van der Waals surface area contributed by atoms with Crippen LogP contribution in [0.4, 0.5) is 11.4 Å². The Morgan fingerprint density at radius 1 is 1.06 bits per heavy atom. The van der Waals surface area contributed by atoms with Crippen LogP contribution in [0.25, 0.3) is 0 Å². The molecule has 1 aromatic carbocycles. The van der Waals surface area contributed by atoms with Crippen LogP contribution in [-0.4, -0.2) is 24.5 Å². The topological polar surface area (TPSA) is 120 Å². The van der Waals surface area contributed by atoms with Gasteiger partial charge in [0, 0.05) is 17.9 Å². The highest BCUT2D eigenvalue weighted by Gasteiger charge is 2.30. The maximum atomic E-state index is 11.5. The number of hydrogen-bond acceptors (Lipinski definition) is 6. The first-order chi connectivity index (χ1) is 8.07. The van der Waals surface area contributed by atoms with Crippen molar-refractivity contribution in [1.29, 1.82) is 0 Å². The molecule has 9 heteroatoms. The monoisotopic (exact) mass is 274 g/mol. The summed E-state index contributed by atoms with van der Waals surface area (Å²) in [5.74, 6) is 0. The molecule has 0 aliphatic heterocycles. The van der Waals surface area contributed by atoms with E-state index in [1.807, 2.05) is 0 Å². The number of sulfone groups is 1. The molecular formula is C9H10N2O6S. The fraction of sp³-hybridized carbons (Fsp3) is 0.333. The third-order valence-corrected chi connectivity index (χ3v) is 3.73. The summed E-state index contributed by atoms with van der Waals surface area (Å²) in [6, 6.07) is 0.854. The minimum atomic E-state index is -3.77. The van der Waals surface area contributed by atoms with Crippen LogP contribution in [0.2, 0.25) is 0 Å². The predicted molar refractivity (Wildman–Crippen MR) is 62.3 cm³/mol. The molecule has 0 spiro atoms. The number of benzene rings is 1. The van der Waals surface area contributed by atoms with Crippen molar-refractivity contribution < 1.29 is 18.3 Å². The zero-order valence-corrected chi connectivity index (χ0v) is 10.6. The van der Waals surface area contributed by atoms with Crippen molar-refractivity contribution in [2.75, 3.05) is 6.26 Å². The van der Waals surface area contributed by atoms with Gasteiger partial charge in [0.25, 0.3) is 11.4 Å². The molecule has 0 atom stereocenters. The second kappa shape index (κ2) is 4.33. The number of rotatable bonds is 3. The van der Waals surface area contributed by atoms with Gasteiger partial charge in [-0.25, -0.2) is 8.42 Å². The van der Waals surface area contributed by atoms with Crippen LogP contribution in [0.1, 0.15) is 11.1 Å². The van der Waals surface area contributed by atoms with E-state index in [0.29, 0.717) is 0 Å². The van der Waals surface area contributed by atoms with Crippen LogP contribution in [-0.2, 0) is 9.84 Å². The first kappa shape index (κ1) is 14.0. The smallest absolute Gasteiger partial charge is 0.258 e. The normalized spacial score (nSPS) is 11.3. The Labute approximate surface area is 102 Å². The molecule has 0 aromatic heterocycles. The first-order valence-corrected chi connectivity index (χ1v) is 6.59. The number of nitro groups is 2. The van der Waals surface area contributed by atoms with Crippen molar-refractivity contribution in [3.05, 3.63) is 37.4 Å². The Morgan fingerprint density at radius 2 is 1.56 bits per heavy atom. The Kier molecular flexibility index (Phi) is 3.38. The Morgan fingerprint density at radius 3 is 1.89 bits per heavy atom. The summed E-state index contributed by atoms with van der Waals surface area (Å²) in [4.78, 5) is 19.6. The molecule has 1 rings (SSSR count). The summed E-state index contributed by atoms with van der Waals surface area (Å²) in [6.45, 7) is 2.47. The molecule has 0 amide bonds. The second-order valence-corrected chi connectivity index (χ2v) is 5.76. The van der Waals surface area contributed by atoms with Gasteiger partial charge < -0.3 is 0 Å². The van der Waals surface area contributed by atoms with E-state index in [2.05, 4.69) is 0 Å². The van der Waals surface area contributed by atoms with Crippen molar-refractivity contribution in [1.82, 2.24) is 0 Å². The molecule has 0 unspecified atom stereocenters. The summed E-state index contributed by atoms with van der Waals surface area (Å²) >= 11 is 0. The van der Waals surface area contributed by atoms with E-state index in [9.17, 15) is 28.6 Å². The lowest BCUT2D eigenvalue weighted by molar-refractivity contribution is -0.396. The Hall–Kier alpha value is -2.03. The van der Waals surface area contributed by atoms with Gasteiger partial charge >= 0.3 is 0 Å². The van der Waals surface area contributed by atoms with E-state index in [-0.39, 0.29) is 11.1 Å². The summed E-state index contributed by atoms with van der Waals surface area (Å²) in [7, 11) is -3.77. The molecule has 98 valence electrons. The SMILES string of the molecule is Cc1c([N+](=O)[O-])cc(S(C)(=O)=O)c(C)c1[N+](=O)[O-]. The predicted octanol–water partition coefficient (Wildman–Crippen LogP) is 1.52. The standard InChI is InChI=1S/C9H10N2O6S/c1-5-7(10(12)13)4-8(18(3,16)17)6(2)9(5)11(14)15/h4H,1-3H3. The highest BCUT2D eigenvalue weighted by Crippen LogP contribution is 2.35. The fourth-order valence-corrected chi connectivity index (χ4v) is 2.69. The lowest BCUT2D eigenvalue weighted by atomic mass is 10.1. The largest absolute Gasteiger partial charge is 0.283 e. The number of hydrogen-bond donors (Lipinski definition) is 0. The van der Waals surface area contributed by atoms with Gasteiger partial charge in [0.2, 0.25) is 0 Å². The van der Waals surface area contributed by atoms with Gasteiger partial charge in [0.1, 0.15) is 5.56 Å². The number of nitro benzene ring substituents is 2. The van der Waals surface area contributed by atoms with Crippen LogP contribution in [0.3, 0.4) is 0 Å². The minimum Gasteiger partial charge on any atom is -0.258 e. The molecule has 1 aromatic rings. The third kappa shape index (κ3) is 2.30. The summed E-state index contributed by atoms with van der Waals surface area (Å²) in [5, 5.41) is 21.7. The minimum absolute atomic E-state index is 0.0920. The summed E-state index contributed by atoms with van der Waals surface area (Å²) in [5.41, 5.74) is -1.36. The maximum Gasteiger partial charge on any atom is 0.283 e. The summed E-state index contributed by atoms with van der Waals surface area (Å²) < 4.78 is 22.9. The van der Waals surface area contributed by atoms with Crippen LogP contribution < -0.4 is 0 Å². The van der Waals surface area contributed by atoms with Crippen molar-refractivity contribution >= 4 is 21.2 Å². The Balaban J connectivity index is 3.90. The van der Waals surface area contributed by atoms with E-state index in [1.165, 1.54) is 13.8 Å². The molecule has 0 fully saturated rings. The van der Waals surface area contributed by atoms with Crippen molar-refractivity contribution in [3.8, 4) is 0 Å². The van der Waals surface area contributed by atoms with Gasteiger partial charge in [-0.15, -0.1) is 0 Å². The van der Waals surface area contributed by atoms with E-state index < -0.39 is 36.0 Å². The van der Waals surface area contributed by atoms with Crippen molar-refractivity contribution in [2.24, 2.45) is 0 Å². The molecule has 0 radical (unpaired) electrons. The molecular weight excluding hydrogens is 264 g/mol. The molecule has 0 saturated heterocycles. The van der Waals surface area contributed by atoms with E-state index in [0.717, 1.165) is 12.3 Å². The van der Waals surface area contributed by atoms with E-state index in [4.69, 9.17) is 0 Å². The van der Waals surface area contributed by atoms with E-state index >= 15 is 0 Å². The van der Waals surface area contributed by atoms with Gasteiger partial charge in [-0.3, -0.25) is 20.2 Å². The van der Waals surface area contributed by atoms with Crippen LogP contribution in [0.15, 0.2) is 11.0 Å². The van der Waals surface area contributed by atoms with Gasteiger partial charge in [0.15, 0.2) is 9.84 Å². The highest BCUT2D eigenvalue weighted by atomic mass is 32.2. The average molecular weight is 274 g/mol. The molecule has 0 aliphatic carbocycles. The maximum absolute atomic E-state index is 11.5. The van der Waals surface area contributed by atoms with Gasteiger partial charge in [-0.1, -0.05) is 0 Å². The van der Waals surface area contributed by atoms with Crippen molar-refractivity contribution in [3.63, 3.8) is 0 Å². The van der Waals surface area contributed by atoms with Gasteiger partial charge in [-0.05, 0) is 13.8 Å². The first-order valence-electron chi connectivity index (χ1n) is 4.70. The molecule has 0 N–H and O–H groups in total. The average Bonchev–Trinajstić information content (AvgIpc) is 2.13. The van der Waals surface area contributed by atoms with Crippen LogP contribution in [0.5, 0.6) is 0 Å². The zero-order valence-electron chi connectivity index (χ0n) is 9.83. The van der Waals surface area contributed by atoms with E-state index in [1.54, 1.807) is 0 Å². The highest BCUT2D eigenvalue weighted by molar-refractivity contribution is 7.90.